The standard InChI is InChI=1S/C12H15FN2O/c1-15(9-12(14)16)8-2-3-10-4-6-11(13)7-5-10/h2-7H,8-9H2,1H3,(H2,14,16). The summed E-state index contributed by atoms with van der Waals surface area (Å²) in [5, 5.41) is 0. The molecule has 4 heteroatoms. The average molecular weight is 222 g/mol. The minimum Gasteiger partial charge on any atom is -0.369 e. The van der Waals surface area contributed by atoms with Crippen molar-refractivity contribution in [2.45, 2.75) is 0 Å². The molecule has 0 saturated heterocycles. The van der Waals surface area contributed by atoms with Crippen molar-refractivity contribution in [2.75, 3.05) is 20.1 Å². The molecule has 1 aromatic carbocycles. The van der Waals surface area contributed by atoms with Crippen molar-refractivity contribution in [1.82, 2.24) is 4.90 Å². The largest absolute Gasteiger partial charge is 0.369 e. The molecule has 1 rings (SSSR count). The summed E-state index contributed by atoms with van der Waals surface area (Å²) in [5.41, 5.74) is 5.97. The van der Waals surface area contributed by atoms with Crippen molar-refractivity contribution < 1.29 is 9.18 Å². The van der Waals surface area contributed by atoms with E-state index in [9.17, 15) is 9.18 Å². The molecule has 1 aromatic rings. The number of likely N-dealkylation sites (N-methyl/N-ethyl adjacent to an activating group) is 1. The second-order valence-corrected chi connectivity index (χ2v) is 3.62. The topological polar surface area (TPSA) is 46.3 Å². The van der Waals surface area contributed by atoms with Gasteiger partial charge >= 0.3 is 0 Å². The second-order valence-electron chi connectivity index (χ2n) is 3.62. The fourth-order valence-electron chi connectivity index (χ4n) is 1.27. The average Bonchev–Trinajstić information content (AvgIpc) is 2.20. The summed E-state index contributed by atoms with van der Waals surface area (Å²) in [6.45, 7) is 0.855. The predicted octanol–water partition coefficient (Wildman–Crippen LogP) is 1.26. The maximum Gasteiger partial charge on any atom is 0.231 e. The van der Waals surface area contributed by atoms with Crippen LogP contribution in [0.4, 0.5) is 4.39 Å². The van der Waals surface area contributed by atoms with Crippen LogP contribution in [-0.2, 0) is 4.79 Å². The molecule has 86 valence electrons. The van der Waals surface area contributed by atoms with Gasteiger partial charge < -0.3 is 5.73 Å². The van der Waals surface area contributed by atoms with Crippen LogP contribution in [0.2, 0.25) is 0 Å². The van der Waals surface area contributed by atoms with Gasteiger partial charge in [-0.05, 0) is 24.7 Å². The Morgan fingerprint density at radius 1 is 1.44 bits per heavy atom. The van der Waals surface area contributed by atoms with E-state index in [-0.39, 0.29) is 18.3 Å². The van der Waals surface area contributed by atoms with Crippen LogP contribution in [0, 0.1) is 5.82 Å². The van der Waals surface area contributed by atoms with E-state index in [4.69, 9.17) is 5.73 Å². The van der Waals surface area contributed by atoms with E-state index in [2.05, 4.69) is 0 Å². The lowest BCUT2D eigenvalue weighted by atomic mass is 10.2. The highest BCUT2D eigenvalue weighted by molar-refractivity contribution is 5.75. The molecule has 0 aromatic heterocycles. The fraction of sp³-hybridized carbons (Fsp3) is 0.250. The van der Waals surface area contributed by atoms with Gasteiger partial charge in [0.1, 0.15) is 5.82 Å². The van der Waals surface area contributed by atoms with Gasteiger partial charge in [-0.25, -0.2) is 4.39 Å². The molecule has 3 nitrogen and oxygen atoms in total. The first-order valence-corrected chi connectivity index (χ1v) is 4.97. The SMILES string of the molecule is CN(CC=Cc1ccc(F)cc1)CC(N)=O. The van der Waals surface area contributed by atoms with Crippen LogP contribution in [0.5, 0.6) is 0 Å². The minimum atomic E-state index is -0.349. The number of hydrogen-bond donors (Lipinski definition) is 1. The van der Waals surface area contributed by atoms with Crippen molar-refractivity contribution >= 4 is 12.0 Å². The van der Waals surface area contributed by atoms with E-state index in [1.165, 1.54) is 12.1 Å². The number of carbonyl (C=O) groups excluding carboxylic acids is 1. The molecule has 0 bridgehead atoms. The molecule has 0 heterocycles. The van der Waals surface area contributed by atoms with Crippen molar-refractivity contribution in [2.24, 2.45) is 5.73 Å². The molecule has 0 unspecified atom stereocenters. The van der Waals surface area contributed by atoms with Gasteiger partial charge in [0.05, 0.1) is 6.54 Å². The summed E-state index contributed by atoms with van der Waals surface area (Å²) < 4.78 is 12.6. The number of amides is 1. The van der Waals surface area contributed by atoms with Crippen molar-refractivity contribution in [3.63, 3.8) is 0 Å². The van der Waals surface area contributed by atoms with Gasteiger partial charge in [0.25, 0.3) is 0 Å². The summed E-state index contributed by atoms with van der Waals surface area (Å²) in [6, 6.07) is 6.21. The van der Waals surface area contributed by atoms with Crippen LogP contribution < -0.4 is 5.73 Å². The molecule has 16 heavy (non-hydrogen) atoms. The monoisotopic (exact) mass is 222 g/mol. The number of benzene rings is 1. The van der Waals surface area contributed by atoms with Crippen molar-refractivity contribution in [3.8, 4) is 0 Å². The van der Waals surface area contributed by atoms with E-state index < -0.39 is 0 Å². The molecule has 0 aliphatic carbocycles. The highest BCUT2D eigenvalue weighted by Gasteiger charge is 1.98. The van der Waals surface area contributed by atoms with Gasteiger partial charge in [-0.1, -0.05) is 24.3 Å². The van der Waals surface area contributed by atoms with E-state index in [1.807, 2.05) is 12.2 Å². The Labute approximate surface area is 94.4 Å². The first kappa shape index (κ1) is 12.4. The van der Waals surface area contributed by atoms with Gasteiger partial charge in [-0.2, -0.15) is 0 Å². The van der Waals surface area contributed by atoms with E-state index in [0.717, 1.165) is 5.56 Å². The first-order valence-electron chi connectivity index (χ1n) is 4.97. The molecule has 0 spiro atoms. The van der Waals surface area contributed by atoms with Crippen molar-refractivity contribution in [1.29, 1.82) is 0 Å². The molecular weight excluding hydrogens is 207 g/mol. The lowest BCUT2D eigenvalue weighted by Gasteiger charge is -2.10. The number of rotatable bonds is 5. The normalized spacial score (nSPS) is 11.2. The molecule has 0 aliphatic rings. The van der Waals surface area contributed by atoms with E-state index in [0.29, 0.717) is 6.54 Å². The molecule has 0 aliphatic heterocycles. The molecule has 0 radical (unpaired) electrons. The number of carbonyl (C=O) groups is 1. The third-order valence-electron chi connectivity index (χ3n) is 2.02. The van der Waals surface area contributed by atoms with Crippen LogP contribution in [0.15, 0.2) is 30.3 Å². The van der Waals surface area contributed by atoms with E-state index in [1.54, 1.807) is 24.1 Å². The number of halogens is 1. The molecule has 0 saturated carbocycles. The van der Waals surface area contributed by atoms with Crippen LogP contribution in [0.25, 0.3) is 6.08 Å². The third kappa shape index (κ3) is 4.70. The Bertz CT molecular complexity index is 373. The van der Waals surface area contributed by atoms with Crippen LogP contribution >= 0.6 is 0 Å². The van der Waals surface area contributed by atoms with Crippen molar-refractivity contribution in [3.05, 3.63) is 41.7 Å². The van der Waals surface area contributed by atoms with Crippen LogP contribution in [0.3, 0.4) is 0 Å². The van der Waals surface area contributed by atoms with Gasteiger partial charge in [-0.15, -0.1) is 0 Å². The van der Waals surface area contributed by atoms with Gasteiger partial charge in [-0.3, -0.25) is 9.69 Å². The Balaban J connectivity index is 2.42. The number of primary amides is 1. The Morgan fingerprint density at radius 2 is 2.06 bits per heavy atom. The fourth-order valence-corrected chi connectivity index (χ4v) is 1.27. The zero-order valence-corrected chi connectivity index (χ0v) is 9.19. The third-order valence-corrected chi connectivity index (χ3v) is 2.02. The summed E-state index contributed by atoms with van der Waals surface area (Å²) in [7, 11) is 1.81. The number of nitrogens with two attached hydrogens (primary N) is 1. The Kier molecular flexibility index (Phi) is 4.66. The smallest absolute Gasteiger partial charge is 0.231 e. The molecular formula is C12H15FN2O. The maximum absolute atomic E-state index is 12.6. The lowest BCUT2D eigenvalue weighted by molar-refractivity contribution is -0.118. The Morgan fingerprint density at radius 3 is 2.62 bits per heavy atom. The maximum atomic E-state index is 12.6. The molecule has 2 N–H and O–H groups in total. The highest BCUT2D eigenvalue weighted by atomic mass is 19.1. The molecule has 0 atom stereocenters. The minimum absolute atomic E-state index is 0.230. The van der Waals surface area contributed by atoms with E-state index >= 15 is 0 Å². The molecule has 0 fully saturated rings. The highest BCUT2D eigenvalue weighted by Crippen LogP contribution is 2.04. The second kappa shape index (κ2) is 6.02. The quantitative estimate of drug-likeness (QED) is 0.815. The summed E-state index contributed by atoms with van der Waals surface area (Å²) in [6.07, 6.45) is 3.77. The van der Waals surface area contributed by atoms with Crippen LogP contribution in [0.1, 0.15) is 5.56 Å². The van der Waals surface area contributed by atoms with Crippen LogP contribution in [-0.4, -0.2) is 30.9 Å². The predicted molar refractivity (Wildman–Crippen MR) is 62.1 cm³/mol. The number of nitrogens with zero attached hydrogens (tertiary/aromatic N) is 1. The lowest BCUT2D eigenvalue weighted by Crippen LogP contribution is -2.30. The Hall–Kier alpha value is -1.68. The zero-order chi connectivity index (χ0) is 12.0. The van der Waals surface area contributed by atoms with Gasteiger partial charge in [0, 0.05) is 6.54 Å². The van der Waals surface area contributed by atoms with Gasteiger partial charge in [0.15, 0.2) is 0 Å². The summed E-state index contributed by atoms with van der Waals surface area (Å²) in [4.78, 5) is 12.4. The summed E-state index contributed by atoms with van der Waals surface area (Å²) >= 11 is 0. The number of hydrogen-bond acceptors (Lipinski definition) is 2. The first-order chi connectivity index (χ1) is 7.58. The molecule has 1 amide bonds. The van der Waals surface area contributed by atoms with Gasteiger partial charge in [0.2, 0.25) is 5.91 Å². The summed E-state index contributed by atoms with van der Waals surface area (Å²) in [5.74, 6) is -0.597. The zero-order valence-electron chi connectivity index (χ0n) is 9.19.